The van der Waals surface area contributed by atoms with E-state index in [1.165, 1.54) is 26.4 Å². The Hall–Kier alpha value is -2.04. The van der Waals surface area contributed by atoms with E-state index in [9.17, 15) is 23.1 Å². The van der Waals surface area contributed by atoms with Crippen molar-refractivity contribution in [2.75, 3.05) is 40.8 Å². The zero-order valence-electron chi connectivity index (χ0n) is 14.7. The van der Waals surface area contributed by atoms with Crippen LogP contribution < -0.4 is 10.1 Å². The molecule has 1 aromatic rings. The molecule has 1 atom stereocenters. The Morgan fingerprint density at radius 3 is 2.50 bits per heavy atom. The number of aromatic hydroxyl groups is 1. The van der Waals surface area contributed by atoms with E-state index in [1.54, 1.807) is 6.92 Å². The number of carbonyl (C=O) groups is 1. The van der Waals surface area contributed by atoms with Gasteiger partial charge in [-0.1, -0.05) is 0 Å². The van der Waals surface area contributed by atoms with Gasteiger partial charge in [-0.25, -0.2) is 0 Å². The number of phenols is 1. The van der Waals surface area contributed by atoms with Gasteiger partial charge in [0.1, 0.15) is 18.3 Å². The molecule has 26 heavy (non-hydrogen) atoms. The Bertz CT molecular complexity index is 594. The number of methoxy groups -OCH3 is 2. The summed E-state index contributed by atoms with van der Waals surface area (Å²) in [7, 11) is 2.85. The molecule has 0 unspecified atom stereocenters. The number of hydrogen-bond donors (Lipinski definition) is 2. The first-order valence-electron chi connectivity index (χ1n) is 7.60. The number of alkyl halides is 3. The lowest BCUT2D eigenvalue weighted by atomic mass is 10.0. The lowest BCUT2D eigenvalue weighted by Gasteiger charge is -2.21. The van der Waals surface area contributed by atoms with E-state index in [0.717, 1.165) is 0 Å². The normalized spacial score (nSPS) is 12.7. The molecule has 0 saturated carbocycles. The SMILES string of the molecule is COCCOCOC[C@@H](NC(=O)C(F)(F)F)c1cc(O)c(C)c(OC)c1. The van der Waals surface area contributed by atoms with Gasteiger partial charge in [-0.3, -0.25) is 4.79 Å². The molecule has 0 aliphatic heterocycles. The van der Waals surface area contributed by atoms with Crippen LogP contribution in [0.2, 0.25) is 0 Å². The summed E-state index contributed by atoms with van der Waals surface area (Å²) in [6.07, 6.45) is -5.05. The first kappa shape index (κ1) is 22.0. The number of halogens is 3. The van der Waals surface area contributed by atoms with Crippen LogP contribution in [0.25, 0.3) is 0 Å². The number of benzene rings is 1. The summed E-state index contributed by atoms with van der Waals surface area (Å²) in [6.45, 7) is 1.66. The average Bonchev–Trinajstić information content (AvgIpc) is 2.58. The summed E-state index contributed by atoms with van der Waals surface area (Å²) in [6, 6.07) is 1.50. The first-order valence-corrected chi connectivity index (χ1v) is 7.60. The molecule has 0 aliphatic carbocycles. The van der Waals surface area contributed by atoms with Gasteiger partial charge < -0.3 is 29.4 Å². The quantitative estimate of drug-likeness (QED) is 0.477. The van der Waals surface area contributed by atoms with Gasteiger partial charge in [0.25, 0.3) is 0 Å². The van der Waals surface area contributed by atoms with E-state index in [-0.39, 0.29) is 37.1 Å². The van der Waals surface area contributed by atoms with Gasteiger partial charge in [0.2, 0.25) is 0 Å². The first-order chi connectivity index (χ1) is 12.2. The Morgan fingerprint density at radius 2 is 1.92 bits per heavy atom. The van der Waals surface area contributed by atoms with Crippen molar-refractivity contribution in [3.05, 3.63) is 23.3 Å². The van der Waals surface area contributed by atoms with E-state index < -0.39 is 18.1 Å². The van der Waals surface area contributed by atoms with E-state index in [0.29, 0.717) is 12.2 Å². The fourth-order valence-electron chi connectivity index (χ4n) is 1.99. The molecule has 0 heterocycles. The van der Waals surface area contributed by atoms with Crippen LogP contribution in [0.5, 0.6) is 11.5 Å². The second-order valence-corrected chi connectivity index (χ2v) is 5.28. The molecule has 10 heteroatoms. The molecule has 0 radical (unpaired) electrons. The van der Waals surface area contributed by atoms with Crippen LogP contribution in [0, 0.1) is 6.92 Å². The number of nitrogens with one attached hydrogen (secondary N) is 1. The summed E-state index contributed by atoms with van der Waals surface area (Å²) in [5, 5.41) is 11.8. The van der Waals surface area contributed by atoms with Gasteiger partial charge in [0.05, 0.1) is 33.0 Å². The number of rotatable bonds is 10. The third kappa shape index (κ3) is 6.70. The summed E-state index contributed by atoms with van der Waals surface area (Å²) in [5.41, 5.74) is 0.611. The van der Waals surface area contributed by atoms with Gasteiger partial charge in [0.15, 0.2) is 0 Å². The van der Waals surface area contributed by atoms with E-state index in [4.69, 9.17) is 18.9 Å². The topological polar surface area (TPSA) is 86.2 Å². The van der Waals surface area contributed by atoms with Gasteiger partial charge in [0, 0.05) is 12.7 Å². The van der Waals surface area contributed by atoms with Crippen molar-refractivity contribution >= 4 is 5.91 Å². The fourth-order valence-corrected chi connectivity index (χ4v) is 1.99. The van der Waals surface area contributed by atoms with Crippen LogP contribution in [0.1, 0.15) is 17.2 Å². The molecule has 7 nitrogen and oxygen atoms in total. The maximum absolute atomic E-state index is 12.6. The molecular weight excluding hydrogens is 359 g/mol. The predicted octanol–water partition coefficient (Wildman–Crippen LogP) is 2.07. The average molecular weight is 381 g/mol. The zero-order chi connectivity index (χ0) is 19.7. The standard InChI is InChI=1S/C16H22F3NO6/c1-10-13(21)6-11(7-14(10)24-3)12(20-15(22)16(17,18)19)8-26-9-25-5-4-23-2/h6-7,12,21H,4-5,8-9H2,1-3H3,(H,20,22)/t12-/m1/s1. The molecule has 0 fully saturated rings. The molecule has 0 bridgehead atoms. The minimum atomic E-state index is -5.05. The molecule has 1 amide bonds. The van der Waals surface area contributed by atoms with Gasteiger partial charge in [-0.05, 0) is 24.6 Å². The van der Waals surface area contributed by atoms with Crippen molar-refractivity contribution in [3.63, 3.8) is 0 Å². The lowest BCUT2D eigenvalue weighted by Crippen LogP contribution is -2.40. The van der Waals surface area contributed by atoms with Crippen molar-refractivity contribution in [1.82, 2.24) is 5.32 Å². The van der Waals surface area contributed by atoms with E-state index in [2.05, 4.69) is 0 Å². The van der Waals surface area contributed by atoms with Gasteiger partial charge in [-0.15, -0.1) is 0 Å². The number of phenolic OH excluding ortho intramolecular Hbond substituents is 1. The second-order valence-electron chi connectivity index (χ2n) is 5.28. The largest absolute Gasteiger partial charge is 0.508 e. The Labute approximate surface area is 149 Å². The summed E-state index contributed by atoms with van der Waals surface area (Å²) >= 11 is 0. The number of ether oxygens (including phenoxy) is 4. The third-order valence-electron chi connectivity index (χ3n) is 3.42. The van der Waals surface area contributed by atoms with E-state index in [1.807, 2.05) is 5.32 Å². The highest BCUT2D eigenvalue weighted by molar-refractivity contribution is 5.82. The predicted molar refractivity (Wildman–Crippen MR) is 85.0 cm³/mol. The van der Waals surface area contributed by atoms with Gasteiger partial charge >= 0.3 is 12.1 Å². The number of hydrogen-bond acceptors (Lipinski definition) is 6. The van der Waals surface area contributed by atoms with Crippen molar-refractivity contribution in [3.8, 4) is 11.5 Å². The minimum Gasteiger partial charge on any atom is -0.508 e. The summed E-state index contributed by atoms with van der Waals surface area (Å²) < 4.78 is 57.8. The monoisotopic (exact) mass is 381 g/mol. The molecule has 0 saturated heterocycles. The van der Waals surface area contributed by atoms with Crippen LogP contribution in [-0.4, -0.2) is 58.0 Å². The Kier molecular flexibility index (Phi) is 8.62. The highest BCUT2D eigenvalue weighted by Crippen LogP contribution is 2.31. The maximum Gasteiger partial charge on any atom is 0.471 e. The smallest absolute Gasteiger partial charge is 0.471 e. The number of amides is 1. The maximum atomic E-state index is 12.6. The summed E-state index contributed by atoms with van der Waals surface area (Å²) in [5.74, 6) is -2.03. The molecule has 0 aliphatic rings. The van der Waals surface area contributed by atoms with Crippen molar-refractivity contribution in [2.24, 2.45) is 0 Å². The molecule has 0 spiro atoms. The third-order valence-corrected chi connectivity index (χ3v) is 3.42. The Balaban J connectivity index is 2.90. The van der Waals surface area contributed by atoms with Crippen LogP contribution in [-0.2, 0) is 19.0 Å². The van der Waals surface area contributed by atoms with Crippen LogP contribution >= 0.6 is 0 Å². The zero-order valence-corrected chi connectivity index (χ0v) is 14.7. The molecule has 1 aromatic carbocycles. The lowest BCUT2D eigenvalue weighted by molar-refractivity contribution is -0.175. The van der Waals surface area contributed by atoms with Crippen LogP contribution in [0.4, 0.5) is 13.2 Å². The van der Waals surface area contributed by atoms with Crippen molar-refractivity contribution < 1.29 is 42.0 Å². The molecule has 2 N–H and O–H groups in total. The Morgan fingerprint density at radius 1 is 1.23 bits per heavy atom. The fraction of sp³-hybridized carbons (Fsp3) is 0.562. The van der Waals surface area contributed by atoms with Crippen LogP contribution in [0.15, 0.2) is 12.1 Å². The van der Waals surface area contributed by atoms with Crippen LogP contribution in [0.3, 0.4) is 0 Å². The van der Waals surface area contributed by atoms with E-state index >= 15 is 0 Å². The minimum absolute atomic E-state index is 0.179. The second kappa shape index (κ2) is 10.2. The summed E-state index contributed by atoms with van der Waals surface area (Å²) in [4.78, 5) is 11.3. The molecule has 1 rings (SSSR count). The number of carbonyl (C=O) groups excluding carboxylic acids is 1. The molecule has 0 aromatic heterocycles. The molecule has 148 valence electrons. The highest BCUT2D eigenvalue weighted by atomic mass is 19.4. The molecular formula is C16H22F3NO6. The highest BCUT2D eigenvalue weighted by Gasteiger charge is 2.40. The van der Waals surface area contributed by atoms with Crippen molar-refractivity contribution in [1.29, 1.82) is 0 Å². The van der Waals surface area contributed by atoms with Crippen molar-refractivity contribution in [2.45, 2.75) is 19.1 Å². The van der Waals surface area contributed by atoms with Gasteiger partial charge in [-0.2, -0.15) is 13.2 Å².